The van der Waals surface area contributed by atoms with Gasteiger partial charge < -0.3 is 15.2 Å². The molecule has 0 bridgehead atoms. The van der Waals surface area contributed by atoms with E-state index in [0.29, 0.717) is 11.5 Å². The lowest BCUT2D eigenvalue weighted by molar-refractivity contribution is 0.0934. The summed E-state index contributed by atoms with van der Waals surface area (Å²) in [5, 5.41) is 0. The highest BCUT2D eigenvalue weighted by Gasteiger charge is 2.13. The highest BCUT2D eigenvalue weighted by atomic mass is 16.5. The number of amides is 3. The highest BCUT2D eigenvalue weighted by molar-refractivity contribution is 5.97. The number of carbonyl (C=O) groups excluding carboxylic acids is 2. The molecule has 0 radical (unpaired) electrons. The number of primary amides is 1. The molecule has 7 heteroatoms. The topological polar surface area (TPSA) is 103 Å². The van der Waals surface area contributed by atoms with E-state index in [9.17, 15) is 9.59 Å². The number of benzene rings is 1. The van der Waals surface area contributed by atoms with Crippen LogP contribution in [0, 0.1) is 0 Å². The molecular formula is C10H13N3O4. The molecule has 1 aromatic carbocycles. The minimum Gasteiger partial charge on any atom is -0.497 e. The number of nitrogens with one attached hydrogen (secondary N) is 2. The SMILES string of the molecule is COc1ccc(C(=O)NNC(N)=O)c(OC)c1. The van der Waals surface area contributed by atoms with Crippen molar-refractivity contribution in [2.75, 3.05) is 14.2 Å². The third-order valence-electron chi connectivity index (χ3n) is 1.95. The maximum atomic E-state index is 11.6. The van der Waals surface area contributed by atoms with Crippen molar-refractivity contribution < 1.29 is 19.1 Å². The second kappa shape index (κ2) is 5.59. The summed E-state index contributed by atoms with van der Waals surface area (Å²) in [5.74, 6) is 0.345. The van der Waals surface area contributed by atoms with Crippen molar-refractivity contribution in [3.05, 3.63) is 23.8 Å². The van der Waals surface area contributed by atoms with Gasteiger partial charge in [0, 0.05) is 6.07 Å². The van der Waals surface area contributed by atoms with Gasteiger partial charge in [-0.25, -0.2) is 10.2 Å². The molecule has 0 spiro atoms. The van der Waals surface area contributed by atoms with E-state index in [1.54, 1.807) is 12.1 Å². The van der Waals surface area contributed by atoms with Crippen LogP contribution in [0.1, 0.15) is 10.4 Å². The number of rotatable bonds is 3. The number of urea groups is 1. The van der Waals surface area contributed by atoms with E-state index in [1.807, 2.05) is 5.43 Å². The summed E-state index contributed by atoms with van der Waals surface area (Å²) in [6, 6.07) is 3.81. The fourth-order valence-electron chi connectivity index (χ4n) is 1.17. The van der Waals surface area contributed by atoms with Crippen LogP contribution in [0.25, 0.3) is 0 Å². The first kappa shape index (κ1) is 12.6. The van der Waals surface area contributed by atoms with Crippen LogP contribution in [0.5, 0.6) is 11.5 Å². The van der Waals surface area contributed by atoms with Gasteiger partial charge in [0.15, 0.2) is 0 Å². The summed E-state index contributed by atoms with van der Waals surface area (Å²) in [7, 11) is 2.93. The molecular weight excluding hydrogens is 226 g/mol. The molecule has 1 rings (SSSR count). The molecule has 0 aromatic heterocycles. The van der Waals surface area contributed by atoms with Crippen molar-refractivity contribution in [3.63, 3.8) is 0 Å². The molecule has 0 unspecified atom stereocenters. The van der Waals surface area contributed by atoms with Gasteiger partial charge in [-0.05, 0) is 12.1 Å². The van der Waals surface area contributed by atoms with E-state index in [2.05, 4.69) is 5.43 Å². The number of ether oxygens (including phenoxy) is 2. The first-order valence-corrected chi connectivity index (χ1v) is 4.66. The van der Waals surface area contributed by atoms with Gasteiger partial charge in [-0.15, -0.1) is 0 Å². The van der Waals surface area contributed by atoms with E-state index >= 15 is 0 Å². The second-order valence-corrected chi connectivity index (χ2v) is 3.01. The predicted molar refractivity (Wildman–Crippen MR) is 59.7 cm³/mol. The summed E-state index contributed by atoms with van der Waals surface area (Å²) >= 11 is 0. The molecule has 3 amide bonds. The Morgan fingerprint density at radius 2 is 1.88 bits per heavy atom. The molecule has 1 aromatic rings. The average Bonchev–Trinajstić information content (AvgIpc) is 2.34. The van der Waals surface area contributed by atoms with Crippen molar-refractivity contribution >= 4 is 11.9 Å². The van der Waals surface area contributed by atoms with Crippen molar-refractivity contribution in [1.82, 2.24) is 10.9 Å². The van der Waals surface area contributed by atoms with E-state index in [-0.39, 0.29) is 5.56 Å². The van der Waals surface area contributed by atoms with Gasteiger partial charge in [-0.2, -0.15) is 0 Å². The molecule has 17 heavy (non-hydrogen) atoms. The standard InChI is InChI=1S/C10H13N3O4/c1-16-6-3-4-7(8(5-6)17-2)9(14)12-13-10(11)15/h3-5H,1-2H3,(H,12,14)(H3,11,13,15). The van der Waals surface area contributed by atoms with Crippen LogP contribution in [0.3, 0.4) is 0 Å². The Hall–Kier alpha value is -2.44. The molecule has 0 atom stereocenters. The summed E-state index contributed by atoms with van der Waals surface area (Å²) in [4.78, 5) is 22.1. The maximum absolute atomic E-state index is 11.6. The van der Waals surface area contributed by atoms with Crippen molar-refractivity contribution in [2.45, 2.75) is 0 Å². The molecule has 0 aliphatic heterocycles. The van der Waals surface area contributed by atoms with Gasteiger partial charge >= 0.3 is 6.03 Å². The molecule has 0 heterocycles. The van der Waals surface area contributed by atoms with Crippen LogP contribution in [0.15, 0.2) is 18.2 Å². The second-order valence-electron chi connectivity index (χ2n) is 3.01. The Labute approximate surface area is 97.9 Å². The van der Waals surface area contributed by atoms with Crippen LogP contribution in [-0.4, -0.2) is 26.2 Å². The number of hydrogen-bond donors (Lipinski definition) is 3. The summed E-state index contributed by atoms with van der Waals surface area (Å²) in [5.41, 5.74) is 9.17. The molecule has 0 aliphatic rings. The predicted octanol–water partition coefficient (Wildman–Crippen LogP) is 0.0169. The van der Waals surface area contributed by atoms with Gasteiger partial charge in [0.1, 0.15) is 11.5 Å². The monoisotopic (exact) mass is 239 g/mol. The summed E-state index contributed by atoms with van der Waals surface area (Å²) in [6.07, 6.45) is 0. The van der Waals surface area contributed by atoms with Crippen LogP contribution >= 0.6 is 0 Å². The zero-order valence-electron chi connectivity index (χ0n) is 9.44. The lowest BCUT2D eigenvalue weighted by Gasteiger charge is -2.10. The molecule has 0 saturated heterocycles. The van der Waals surface area contributed by atoms with E-state index in [4.69, 9.17) is 15.2 Å². The van der Waals surface area contributed by atoms with Gasteiger partial charge in [0.25, 0.3) is 5.91 Å². The van der Waals surface area contributed by atoms with E-state index in [0.717, 1.165) is 0 Å². The largest absolute Gasteiger partial charge is 0.497 e. The minimum atomic E-state index is -0.856. The van der Waals surface area contributed by atoms with Gasteiger partial charge in [0.05, 0.1) is 19.8 Å². The number of hydrazine groups is 1. The van der Waals surface area contributed by atoms with Crippen LogP contribution < -0.4 is 26.1 Å². The lowest BCUT2D eigenvalue weighted by Crippen LogP contribution is -2.44. The number of hydrogen-bond acceptors (Lipinski definition) is 4. The fraction of sp³-hybridized carbons (Fsp3) is 0.200. The Balaban J connectivity index is 2.89. The van der Waals surface area contributed by atoms with E-state index < -0.39 is 11.9 Å². The Bertz CT molecular complexity index is 434. The van der Waals surface area contributed by atoms with Crippen LogP contribution in [-0.2, 0) is 0 Å². The summed E-state index contributed by atoms with van der Waals surface area (Å²) in [6.45, 7) is 0. The van der Waals surface area contributed by atoms with E-state index in [1.165, 1.54) is 20.3 Å². The maximum Gasteiger partial charge on any atom is 0.330 e. The normalized spacial score (nSPS) is 9.29. The zero-order valence-corrected chi connectivity index (χ0v) is 9.44. The van der Waals surface area contributed by atoms with Crippen molar-refractivity contribution in [3.8, 4) is 11.5 Å². The lowest BCUT2D eigenvalue weighted by atomic mass is 10.2. The Morgan fingerprint density at radius 1 is 1.18 bits per heavy atom. The first-order valence-electron chi connectivity index (χ1n) is 4.66. The Morgan fingerprint density at radius 3 is 2.41 bits per heavy atom. The highest BCUT2D eigenvalue weighted by Crippen LogP contribution is 2.24. The molecule has 0 saturated carbocycles. The average molecular weight is 239 g/mol. The molecule has 7 nitrogen and oxygen atoms in total. The number of carbonyl (C=O) groups is 2. The third kappa shape index (κ3) is 3.26. The quantitative estimate of drug-likeness (QED) is 0.647. The molecule has 92 valence electrons. The van der Waals surface area contributed by atoms with Gasteiger partial charge in [-0.3, -0.25) is 10.2 Å². The molecule has 0 aliphatic carbocycles. The van der Waals surface area contributed by atoms with Crippen molar-refractivity contribution in [2.24, 2.45) is 5.73 Å². The molecule has 0 fully saturated rings. The van der Waals surface area contributed by atoms with Crippen LogP contribution in [0.2, 0.25) is 0 Å². The van der Waals surface area contributed by atoms with Crippen molar-refractivity contribution in [1.29, 1.82) is 0 Å². The van der Waals surface area contributed by atoms with Crippen LogP contribution in [0.4, 0.5) is 4.79 Å². The third-order valence-corrected chi connectivity index (χ3v) is 1.95. The summed E-state index contributed by atoms with van der Waals surface area (Å²) < 4.78 is 10.0. The Kier molecular flexibility index (Phi) is 4.15. The fourth-order valence-corrected chi connectivity index (χ4v) is 1.17. The zero-order chi connectivity index (χ0) is 12.8. The molecule has 4 N–H and O–H groups in total. The smallest absolute Gasteiger partial charge is 0.330 e. The first-order chi connectivity index (χ1) is 8.08. The van der Waals surface area contributed by atoms with Gasteiger partial charge in [-0.1, -0.05) is 0 Å². The minimum absolute atomic E-state index is 0.252. The number of methoxy groups -OCH3 is 2. The van der Waals surface area contributed by atoms with Gasteiger partial charge in [0.2, 0.25) is 0 Å². The number of nitrogens with two attached hydrogens (primary N) is 1.